The number of aromatic nitrogens is 1. The number of piperazine rings is 1. The lowest BCUT2D eigenvalue weighted by Gasteiger charge is -2.34. The first kappa shape index (κ1) is 13.5. The van der Waals surface area contributed by atoms with Crippen LogP contribution in [0.1, 0.15) is 22.7 Å². The third kappa shape index (κ3) is 3.31. The van der Waals surface area contributed by atoms with Crippen LogP contribution in [-0.4, -0.2) is 64.5 Å². The summed E-state index contributed by atoms with van der Waals surface area (Å²) in [5, 5.41) is 8.63. The molecule has 19 heavy (non-hydrogen) atoms. The number of carbonyl (C=O) groups is 2. The number of amides is 1. The molecule has 1 saturated heterocycles. The summed E-state index contributed by atoms with van der Waals surface area (Å²) >= 11 is 0. The lowest BCUT2D eigenvalue weighted by atomic mass is 10.2. The summed E-state index contributed by atoms with van der Waals surface area (Å²) in [6.07, 6.45) is 1.40. The second kappa shape index (κ2) is 5.83. The van der Waals surface area contributed by atoms with E-state index in [1.807, 2.05) is 4.90 Å². The van der Waals surface area contributed by atoms with E-state index < -0.39 is 5.97 Å². The SMILES string of the molecule is Cc1ncoc1C(=O)N1CCN(CCC(=O)O)CC1. The van der Waals surface area contributed by atoms with E-state index in [1.165, 1.54) is 6.39 Å². The summed E-state index contributed by atoms with van der Waals surface area (Å²) in [5.74, 6) is -0.650. The molecule has 1 aromatic rings. The quantitative estimate of drug-likeness (QED) is 0.839. The van der Waals surface area contributed by atoms with Crippen molar-refractivity contribution in [2.45, 2.75) is 13.3 Å². The second-order valence-corrected chi connectivity index (χ2v) is 4.54. The largest absolute Gasteiger partial charge is 0.481 e. The van der Waals surface area contributed by atoms with Gasteiger partial charge >= 0.3 is 5.97 Å². The zero-order chi connectivity index (χ0) is 13.8. The average Bonchev–Trinajstić information content (AvgIpc) is 2.82. The lowest BCUT2D eigenvalue weighted by molar-refractivity contribution is -0.137. The standard InChI is InChI=1S/C12H17N3O4/c1-9-11(19-8-13-9)12(18)15-6-4-14(5-7-15)3-2-10(16)17/h8H,2-7H2,1H3,(H,16,17). The Balaban J connectivity index is 1.85. The van der Waals surface area contributed by atoms with Gasteiger partial charge in [0.1, 0.15) is 0 Å². The molecule has 1 aliphatic rings. The van der Waals surface area contributed by atoms with Gasteiger partial charge in [0.2, 0.25) is 5.76 Å². The summed E-state index contributed by atoms with van der Waals surface area (Å²) in [7, 11) is 0. The molecule has 1 aromatic heterocycles. The first-order valence-corrected chi connectivity index (χ1v) is 6.21. The number of hydrogen-bond donors (Lipinski definition) is 1. The van der Waals surface area contributed by atoms with Crippen LogP contribution < -0.4 is 0 Å². The summed E-state index contributed by atoms with van der Waals surface area (Å²) in [4.78, 5) is 30.3. The van der Waals surface area contributed by atoms with Crippen LogP contribution in [0.4, 0.5) is 0 Å². The Labute approximate surface area is 110 Å². The van der Waals surface area contributed by atoms with Gasteiger partial charge in [-0.1, -0.05) is 0 Å². The van der Waals surface area contributed by atoms with Crippen LogP contribution in [0, 0.1) is 6.92 Å². The van der Waals surface area contributed by atoms with Crippen molar-refractivity contribution in [3.8, 4) is 0 Å². The molecule has 0 aromatic carbocycles. The number of rotatable bonds is 4. The fourth-order valence-corrected chi connectivity index (χ4v) is 2.08. The van der Waals surface area contributed by atoms with Crippen LogP contribution in [-0.2, 0) is 4.79 Å². The maximum absolute atomic E-state index is 12.1. The predicted octanol–water partition coefficient (Wildman–Crippen LogP) is 0.216. The number of aliphatic carboxylic acids is 1. The van der Waals surface area contributed by atoms with Gasteiger partial charge in [0, 0.05) is 32.7 Å². The van der Waals surface area contributed by atoms with E-state index >= 15 is 0 Å². The zero-order valence-corrected chi connectivity index (χ0v) is 10.8. The number of oxazole rings is 1. The van der Waals surface area contributed by atoms with Crippen molar-refractivity contribution in [2.24, 2.45) is 0 Å². The van der Waals surface area contributed by atoms with Gasteiger partial charge in [-0.2, -0.15) is 0 Å². The third-order valence-electron chi connectivity index (χ3n) is 3.24. The average molecular weight is 267 g/mol. The summed E-state index contributed by atoms with van der Waals surface area (Å²) < 4.78 is 5.09. The molecule has 1 N–H and O–H groups in total. The molecule has 7 heteroatoms. The molecule has 0 unspecified atom stereocenters. The molecule has 104 valence electrons. The van der Waals surface area contributed by atoms with E-state index in [4.69, 9.17) is 9.52 Å². The minimum absolute atomic E-state index is 0.134. The van der Waals surface area contributed by atoms with Gasteiger partial charge in [-0.3, -0.25) is 14.5 Å². The zero-order valence-electron chi connectivity index (χ0n) is 10.8. The fraction of sp³-hybridized carbons (Fsp3) is 0.583. The highest BCUT2D eigenvalue weighted by molar-refractivity contribution is 5.92. The van der Waals surface area contributed by atoms with E-state index in [2.05, 4.69) is 4.98 Å². The van der Waals surface area contributed by atoms with E-state index in [-0.39, 0.29) is 12.3 Å². The molecule has 0 aliphatic carbocycles. The molecule has 1 fully saturated rings. The Bertz CT molecular complexity index is 463. The number of carboxylic acids is 1. The highest BCUT2D eigenvalue weighted by atomic mass is 16.4. The predicted molar refractivity (Wildman–Crippen MR) is 65.8 cm³/mol. The van der Waals surface area contributed by atoms with Gasteiger partial charge in [-0.25, -0.2) is 4.98 Å². The van der Waals surface area contributed by atoms with Gasteiger partial charge in [0.05, 0.1) is 12.1 Å². The summed E-state index contributed by atoms with van der Waals surface area (Å²) in [5.41, 5.74) is 0.596. The van der Waals surface area contributed by atoms with Crippen molar-refractivity contribution in [1.29, 1.82) is 0 Å². The van der Waals surface area contributed by atoms with Crippen molar-refractivity contribution >= 4 is 11.9 Å². The van der Waals surface area contributed by atoms with Crippen LogP contribution >= 0.6 is 0 Å². The highest BCUT2D eigenvalue weighted by Gasteiger charge is 2.25. The smallest absolute Gasteiger partial charge is 0.304 e. The molecule has 1 amide bonds. The molecule has 0 bridgehead atoms. The first-order chi connectivity index (χ1) is 9.08. The lowest BCUT2D eigenvalue weighted by Crippen LogP contribution is -2.49. The number of carboxylic acid groups (broad SMARTS) is 1. The first-order valence-electron chi connectivity index (χ1n) is 6.21. The van der Waals surface area contributed by atoms with Crippen LogP contribution in [0.15, 0.2) is 10.8 Å². The minimum Gasteiger partial charge on any atom is -0.481 e. The third-order valence-corrected chi connectivity index (χ3v) is 3.24. The van der Waals surface area contributed by atoms with Crippen molar-refractivity contribution in [3.63, 3.8) is 0 Å². The Morgan fingerprint density at radius 1 is 1.37 bits per heavy atom. The molecule has 0 saturated carbocycles. The Hall–Kier alpha value is -1.89. The summed E-state index contributed by atoms with van der Waals surface area (Å²) in [6.45, 7) is 4.80. The van der Waals surface area contributed by atoms with Crippen LogP contribution in [0.5, 0.6) is 0 Å². The van der Waals surface area contributed by atoms with Crippen molar-refractivity contribution in [1.82, 2.24) is 14.8 Å². The molecular weight excluding hydrogens is 250 g/mol. The van der Waals surface area contributed by atoms with Crippen molar-refractivity contribution in [3.05, 3.63) is 17.8 Å². The second-order valence-electron chi connectivity index (χ2n) is 4.54. The van der Waals surface area contributed by atoms with Crippen LogP contribution in [0.25, 0.3) is 0 Å². The number of hydrogen-bond acceptors (Lipinski definition) is 5. The Kier molecular flexibility index (Phi) is 4.16. The Morgan fingerprint density at radius 2 is 2.05 bits per heavy atom. The number of carbonyl (C=O) groups excluding carboxylic acids is 1. The molecule has 0 atom stereocenters. The number of aryl methyl sites for hydroxylation is 1. The molecule has 0 spiro atoms. The van der Waals surface area contributed by atoms with E-state index in [0.29, 0.717) is 44.2 Å². The maximum atomic E-state index is 12.1. The van der Waals surface area contributed by atoms with Gasteiger partial charge in [0.15, 0.2) is 6.39 Å². The van der Waals surface area contributed by atoms with Crippen LogP contribution in [0.3, 0.4) is 0 Å². The normalized spacial score (nSPS) is 16.6. The van der Waals surface area contributed by atoms with Gasteiger partial charge in [0.25, 0.3) is 5.91 Å². The van der Waals surface area contributed by atoms with Gasteiger partial charge < -0.3 is 14.4 Å². The van der Waals surface area contributed by atoms with Crippen molar-refractivity contribution < 1.29 is 19.1 Å². The monoisotopic (exact) mass is 267 g/mol. The molecular formula is C12H17N3O4. The topological polar surface area (TPSA) is 86.9 Å². The highest BCUT2D eigenvalue weighted by Crippen LogP contribution is 2.11. The molecule has 0 radical (unpaired) electrons. The van der Waals surface area contributed by atoms with Gasteiger partial charge in [-0.15, -0.1) is 0 Å². The van der Waals surface area contributed by atoms with Crippen LogP contribution in [0.2, 0.25) is 0 Å². The minimum atomic E-state index is -0.796. The summed E-state index contributed by atoms with van der Waals surface area (Å²) in [6, 6.07) is 0. The molecule has 7 nitrogen and oxygen atoms in total. The Morgan fingerprint density at radius 3 is 2.58 bits per heavy atom. The molecule has 2 rings (SSSR count). The fourth-order valence-electron chi connectivity index (χ4n) is 2.08. The van der Waals surface area contributed by atoms with E-state index in [0.717, 1.165) is 0 Å². The number of nitrogens with zero attached hydrogens (tertiary/aromatic N) is 3. The van der Waals surface area contributed by atoms with Crippen molar-refractivity contribution in [2.75, 3.05) is 32.7 Å². The van der Waals surface area contributed by atoms with E-state index in [9.17, 15) is 9.59 Å². The van der Waals surface area contributed by atoms with Gasteiger partial charge in [-0.05, 0) is 6.92 Å². The van der Waals surface area contributed by atoms with E-state index in [1.54, 1.807) is 11.8 Å². The maximum Gasteiger partial charge on any atom is 0.304 e. The molecule has 2 heterocycles. The molecule has 1 aliphatic heterocycles.